The van der Waals surface area contributed by atoms with Gasteiger partial charge in [-0.25, -0.2) is 0 Å². The van der Waals surface area contributed by atoms with Crippen molar-refractivity contribution in [1.29, 1.82) is 0 Å². The van der Waals surface area contributed by atoms with Crippen molar-refractivity contribution in [1.82, 2.24) is 15.1 Å². The van der Waals surface area contributed by atoms with Gasteiger partial charge >= 0.3 is 0 Å². The van der Waals surface area contributed by atoms with Crippen molar-refractivity contribution in [2.75, 3.05) is 21.3 Å². The molecule has 0 atom stereocenters. The van der Waals surface area contributed by atoms with Crippen molar-refractivity contribution in [2.24, 2.45) is 0 Å². The van der Waals surface area contributed by atoms with Crippen LogP contribution in [0.4, 0.5) is 0 Å². The molecule has 120 valence electrons. The quantitative estimate of drug-likeness (QED) is 0.810. The molecule has 0 radical (unpaired) electrons. The molecule has 0 saturated carbocycles. The maximum Gasteiger partial charge on any atom is 0.203 e. The van der Waals surface area contributed by atoms with Gasteiger partial charge in [-0.15, -0.1) is 0 Å². The van der Waals surface area contributed by atoms with Crippen LogP contribution >= 0.6 is 0 Å². The number of hydrogen-bond acceptors (Lipinski definition) is 5. The molecule has 2 rings (SSSR count). The summed E-state index contributed by atoms with van der Waals surface area (Å²) < 4.78 is 17.9. The molecule has 0 aliphatic rings. The Morgan fingerprint density at radius 3 is 2.23 bits per heavy atom. The number of rotatable bonds is 8. The zero-order valence-corrected chi connectivity index (χ0v) is 13.5. The molecular weight excluding hydrogens is 282 g/mol. The standard InChI is InChI=1S/C16H23N3O3/c1-5-19-7-6-13(18-19)11-17-10-12-8-14(20-2)16(22-4)15(9-12)21-3/h6-9,17H,5,10-11H2,1-4H3. The third-order valence-electron chi connectivity index (χ3n) is 3.38. The number of nitrogens with one attached hydrogen (secondary N) is 1. The smallest absolute Gasteiger partial charge is 0.203 e. The average molecular weight is 305 g/mol. The highest BCUT2D eigenvalue weighted by Gasteiger charge is 2.12. The van der Waals surface area contributed by atoms with Crippen molar-refractivity contribution in [3.8, 4) is 17.2 Å². The van der Waals surface area contributed by atoms with Gasteiger partial charge in [0.2, 0.25) is 5.75 Å². The van der Waals surface area contributed by atoms with Gasteiger partial charge in [-0.3, -0.25) is 4.68 Å². The van der Waals surface area contributed by atoms with Crippen molar-refractivity contribution >= 4 is 0 Å². The Labute approximate surface area is 131 Å². The van der Waals surface area contributed by atoms with E-state index in [1.807, 2.05) is 29.1 Å². The van der Waals surface area contributed by atoms with Crippen molar-refractivity contribution in [3.63, 3.8) is 0 Å². The molecule has 6 heteroatoms. The number of hydrogen-bond donors (Lipinski definition) is 1. The topological polar surface area (TPSA) is 57.5 Å². The molecule has 0 aliphatic heterocycles. The molecule has 1 aromatic heterocycles. The molecule has 0 spiro atoms. The molecule has 0 bridgehead atoms. The van der Waals surface area contributed by atoms with Gasteiger partial charge in [0.15, 0.2) is 11.5 Å². The summed E-state index contributed by atoms with van der Waals surface area (Å²) in [4.78, 5) is 0. The van der Waals surface area contributed by atoms with E-state index in [1.165, 1.54) is 0 Å². The number of aryl methyl sites for hydroxylation is 1. The summed E-state index contributed by atoms with van der Waals surface area (Å²) in [5.74, 6) is 1.93. The van der Waals surface area contributed by atoms with E-state index in [9.17, 15) is 0 Å². The van der Waals surface area contributed by atoms with E-state index >= 15 is 0 Å². The highest BCUT2D eigenvalue weighted by atomic mass is 16.5. The largest absolute Gasteiger partial charge is 0.493 e. The third-order valence-corrected chi connectivity index (χ3v) is 3.38. The maximum absolute atomic E-state index is 5.35. The Bertz CT molecular complexity index is 585. The summed E-state index contributed by atoms with van der Waals surface area (Å²) in [6.07, 6.45) is 1.98. The highest BCUT2D eigenvalue weighted by Crippen LogP contribution is 2.38. The molecular formula is C16H23N3O3. The van der Waals surface area contributed by atoms with E-state index < -0.39 is 0 Å². The Morgan fingerprint density at radius 1 is 1.05 bits per heavy atom. The van der Waals surface area contributed by atoms with Crippen LogP contribution in [0.25, 0.3) is 0 Å². The average Bonchev–Trinajstić information content (AvgIpc) is 3.01. The minimum Gasteiger partial charge on any atom is -0.493 e. The summed E-state index contributed by atoms with van der Waals surface area (Å²) in [7, 11) is 4.83. The van der Waals surface area contributed by atoms with E-state index in [4.69, 9.17) is 14.2 Å². The van der Waals surface area contributed by atoms with Crippen molar-refractivity contribution < 1.29 is 14.2 Å². The fraction of sp³-hybridized carbons (Fsp3) is 0.438. The summed E-state index contributed by atoms with van der Waals surface area (Å²) in [5.41, 5.74) is 2.08. The lowest BCUT2D eigenvalue weighted by Gasteiger charge is -2.14. The van der Waals surface area contributed by atoms with Gasteiger partial charge in [0.1, 0.15) is 0 Å². The van der Waals surface area contributed by atoms with E-state index in [1.54, 1.807) is 21.3 Å². The van der Waals surface area contributed by atoms with Crippen LogP contribution in [0.1, 0.15) is 18.2 Å². The van der Waals surface area contributed by atoms with Crippen LogP contribution in [0.15, 0.2) is 24.4 Å². The van der Waals surface area contributed by atoms with Crippen LogP contribution in [0.3, 0.4) is 0 Å². The van der Waals surface area contributed by atoms with Crippen LogP contribution in [0.2, 0.25) is 0 Å². The first-order valence-corrected chi connectivity index (χ1v) is 7.23. The van der Waals surface area contributed by atoms with Crippen LogP contribution in [-0.4, -0.2) is 31.1 Å². The SMILES string of the molecule is CCn1ccc(CNCc2cc(OC)c(OC)c(OC)c2)n1. The van der Waals surface area contributed by atoms with Gasteiger partial charge in [-0.05, 0) is 30.7 Å². The monoisotopic (exact) mass is 305 g/mol. The first-order valence-electron chi connectivity index (χ1n) is 7.23. The Hall–Kier alpha value is -2.21. The zero-order chi connectivity index (χ0) is 15.9. The molecule has 0 fully saturated rings. The van der Waals surface area contributed by atoms with Crippen molar-refractivity contribution in [2.45, 2.75) is 26.6 Å². The molecule has 2 aromatic rings. The number of aromatic nitrogens is 2. The molecule has 1 aromatic carbocycles. The molecule has 22 heavy (non-hydrogen) atoms. The van der Waals surface area contributed by atoms with Crippen molar-refractivity contribution in [3.05, 3.63) is 35.7 Å². The number of nitrogens with zero attached hydrogens (tertiary/aromatic N) is 2. The van der Waals surface area contributed by atoms with E-state index in [2.05, 4.69) is 17.3 Å². The minimum absolute atomic E-state index is 0.607. The highest BCUT2D eigenvalue weighted by molar-refractivity contribution is 5.53. The molecule has 0 amide bonds. The second kappa shape index (κ2) is 7.70. The summed E-state index contributed by atoms with van der Waals surface area (Å²) >= 11 is 0. The molecule has 6 nitrogen and oxygen atoms in total. The molecule has 1 heterocycles. The zero-order valence-electron chi connectivity index (χ0n) is 13.5. The van der Waals surface area contributed by atoms with Gasteiger partial charge < -0.3 is 19.5 Å². The Balaban J connectivity index is 2.03. The first-order chi connectivity index (χ1) is 10.7. The Morgan fingerprint density at radius 2 is 1.73 bits per heavy atom. The molecule has 0 aliphatic carbocycles. The predicted octanol–water partition coefficient (Wildman–Crippen LogP) is 2.22. The first kappa shape index (κ1) is 16.2. The number of ether oxygens (including phenoxy) is 3. The molecule has 1 N–H and O–H groups in total. The summed E-state index contributed by atoms with van der Waals surface area (Å²) in [6, 6.07) is 5.91. The normalized spacial score (nSPS) is 10.5. The number of methoxy groups -OCH3 is 3. The second-order valence-corrected chi connectivity index (χ2v) is 4.80. The van der Waals surface area contributed by atoms with Gasteiger partial charge in [0.25, 0.3) is 0 Å². The van der Waals surface area contributed by atoms with Crippen LogP contribution in [-0.2, 0) is 19.6 Å². The molecule has 0 saturated heterocycles. The summed E-state index contributed by atoms with van der Waals surface area (Å²) in [5, 5.41) is 7.81. The summed E-state index contributed by atoms with van der Waals surface area (Å²) in [6.45, 7) is 4.35. The second-order valence-electron chi connectivity index (χ2n) is 4.80. The van der Waals surface area contributed by atoms with Crippen LogP contribution in [0.5, 0.6) is 17.2 Å². The van der Waals surface area contributed by atoms with Crippen LogP contribution in [0, 0.1) is 0 Å². The van der Waals surface area contributed by atoms with Crippen LogP contribution < -0.4 is 19.5 Å². The predicted molar refractivity (Wildman–Crippen MR) is 84.5 cm³/mol. The van der Waals surface area contributed by atoms with Gasteiger partial charge in [-0.2, -0.15) is 5.10 Å². The fourth-order valence-corrected chi connectivity index (χ4v) is 2.25. The van der Waals surface area contributed by atoms with E-state index in [0.29, 0.717) is 30.3 Å². The minimum atomic E-state index is 0.607. The van der Waals surface area contributed by atoms with E-state index in [0.717, 1.165) is 17.8 Å². The lowest BCUT2D eigenvalue weighted by atomic mass is 10.1. The van der Waals surface area contributed by atoms with E-state index in [-0.39, 0.29) is 0 Å². The van der Waals surface area contributed by atoms with Gasteiger partial charge in [0.05, 0.1) is 27.0 Å². The fourth-order valence-electron chi connectivity index (χ4n) is 2.25. The Kier molecular flexibility index (Phi) is 5.66. The third kappa shape index (κ3) is 3.71. The lowest BCUT2D eigenvalue weighted by molar-refractivity contribution is 0.323. The van der Waals surface area contributed by atoms with Gasteiger partial charge in [-0.1, -0.05) is 0 Å². The van der Waals surface area contributed by atoms with Gasteiger partial charge in [0, 0.05) is 25.8 Å². The molecule has 0 unspecified atom stereocenters. The maximum atomic E-state index is 5.35. The number of benzene rings is 1. The lowest BCUT2D eigenvalue weighted by Crippen LogP contribution is -2.13.